The molecule has 0 aromatic heterocycles. The molecule has 1 N–H and O–H groups in total. The monoisotopic (exact) mass is 591 g/mol. The Bertz CT molecular complexity index is 1300. The SMILES string of the molecule is CCCN1CC=C[C@]2(CC)O[C@]34C=CCN(C(C)(C)CC(C)(C)C)C(=O)C3N([C@H](CO)c3ccccc3)C(=O)[C@@H]4[C@@H]2C1=O. The average Bonchev–Trinajstić information content (AvgIpc) is 3.23. The van der Waals surface area contributed by atoms with Crippen molar-refractivity contribution in [2.75, 3.05) is 26.2 Å². The fourth-order valence-electron chi connectivity index (χ4n) is 8.52. The third kappa shape index (κ3) is 5.04. The van der Waals surface area contributed by atoms with Gasteiger partial charge in [0.1, 0.15) is 11.6 Å². The van der Waals surface area contributed by atoms with Crippen LogP contribution in [0, 0.1) is 17.3 Å². The third-order valence-electron chi connectivity index (χ3n) is 9.84. The van der Waals surface area contributed by atoms with Crippen molar-refractivity contribution in [3.8, 4) is 0 Å². The van der Waals surface area contributed by atoms with Gasteiger partial charge in [-0.1, -0.05) is 89.3 Å². The van der Waals surface area contributed by atoms with Crippen LogP contribution in [0.2, 0.25) is 0 Å². The lowest BCUT2D eigenvalue weighted by Gasteiger charge is -2.46. The van der Waals surface area contributed by atoms with Crippen molar-refractivity contribution in [3.63, 3.8) is 0 Å². The Kier molecular flexibility index (Phi) is 8.18. The van der Waals surface area contributed by atoms with Gasteiger partial charge in [-0.3, -0.25) is 14.4 Å². The second-order valence-corrected chi connectivity index (χ2v) is 14.6. The Hall–Kier alpha value is -2.97. The standard InChI is InChI=1S/C35H49N3O5/c1-8-19-36-20-13-17-34(9-2)26(29(36)40)27-30(41)38(25(22-39)24-15-11-10-12-16-24)28-31(42)37(21-14-18-35(27,28)43-34)33(6,7)23-32(3,4)5/h10-18,25-28,39H,8-9,19-23H2,1-7H3/t25-,26-,27+,28?,34+,35+/m1/s1. The van der Waals surface area contributed by atoms with Gasteiger partial charge in [0.15, 0.2) is 0 Å². The van der Waals surface area contributed by atoms with E-state index in [1.54, 1.807) is 4.90 Å². The Morgan fingerprint density at radius 1 is 0.930 bits per heavy atom. The summed E-state index contributed by atoms with van der Waals surface area (Å²) in [6.07, 6.45) is 9.83. The normalized spacial score (nSPS) is 31.6. The fraction of sp³-hybridized carbons (Fsp3) is 0.629. The molecule has 3 amide bonds. The number of carbonyl (C=O) groups excluding carboxylic acids is 3. The summed E-state index contributed by atoms with van der Waals surface area (Å²) in [5.41, 5.74) is -2.23. The molecule has 6 atom stereocenters. The average molecular weight is 592 g/mol. The lowest BCUT2D eigenvalue weighted by atomic mass is 9.72. The van der Waals surface area contributed by atoms with Gasteiger partial charge in [0.25, 0.3) is 0 Å². The maximum absolute atomic E-state index is 15.0. The van der Waals surface area contributed by atoms with Crippen LogP contribution in [0.5, 0.6) is 0 Å². The molecule has 4 aliphatic heterocycles. The lowest BCUT2D eigenvalue weighted by molar-refractivity contribution is -0.160. The number of hydrogen-bond donors (Lipinski definition) is 1. The summed E-state index contributed by atoms with van der Waals surface area (Å²) in [6, 6.07) is 7.53. The number of amides is 3. The van der Waals surface area contributed by atoms with Crippen molar-refractivity contribution in [2.45, 2.75) is 96.6 Å². The molecule has 1 spiro atoms. The molecule has 4 heterocycles. The first-order valence-corrected chi connectivity index (χ1v) is 15.9. The van der Waals surface area contributed by atoms with Crippen molar-refractivity contribution in [2.24, 2.45) is 17.3 Å². The van der Waals surface area contributed by atoms with Gasteiger partial charge >= 0.3 is 0 Å². The number of benzene rings is 1. The van der Waals surface area contributed by atoms with E-state index in [0.717, 1.165) is 18.4 Å². The van der Waals surface area contributed by atoms with Gasteiger partial charge < -0.3 is 24.5 Å². The molecule has 5 rings (SSSR count). The highest BCUT2D eigenvalue weighted by Crippen LogP contribution is 2.60. The molecule has 0 saturated carbocycles. The van der Waals surface area contributed by atoms with Gasteiger partial charge in [-0.05, 0) is 44.1 Å². The number of hydrogen-bond acceptors (Lipinski definition) is 5. The highest BCUT2D eigenvalue weighted by atomic mass is 16.5. The Balaban J connectivity index is 1.71. The predicted molar refractivity (Wildman–Crippen MR) is 166 cm³/mol. The molecule has 0 bridgehead atoms. The Morgan fingerprint density at radius 3 is 2.21 bits per heavy atom. The van der Waals surface area contributed by atoms with E-state index in [0.29, 0.717) is 26.1 Å². The fourth-order valence-corrected chi connectivity index (χ4v) is 8.52. The molecule has 0 radical (unpaired) electrons. The Labute approximate surface area is 256 Å². The summed E-state index contributed by atoms with van der Waals surface area (Å²) >= 11 is 0. The molecule has 43 heavy (non-hydrogen) atoms. The van der Waals surface area contributed by atoms with Gasteiger partial charge in [0.05, 0.1) is 30.1 Å². The molecule has 8 heteroatoms. The van der Waals surface area contributed by atoms with Crippen LogP contribution < -0.4 is 0 Å². The summed E-state index contributed by atoms with van der Waals surface area (Å²) in [5.74, 6) is -2.34. The Morgan fingerprint density at radius 2 is 1.60 bits per heavy atom. The first kappa shape index (κ1) is 31.5. The van der Waals surface area contributed by atoms with Crippen LogP contribution in [0.1, 0.15) is 79.3 Å². The predicted octanol–water partition coefficient (Wildman–Crippen LogP) is 4.50. The van der Waals surface area contributed by atoms with E-state index in [2.05, 4.69) is 34.6 Å². The quantitative estimate of drug-likeness (QED) is 0.450. The number of fused-ring (bicyclic) bond motifs is 2. The van der Waals surface area contributed by atoms with E-state index in [1.165, 1.54) is 0 Å². The number of rotatable bonds is 8. The van der Waals surface area contributed by atoms with Crippen molar-refractivity contribution in [1.82, 2.24) is 14.7 Å². The zero-order valence-electron chi connectivity index (χ0n) is 26.9. The third-order valence-corrected chi connectivity index (χ3v) is 9.84. The van der Waals surface area contributed by atoms with Gasteiger partial charge in [-0.25, -0.2) is 0 Å². The molecule has 1 aromatic carbocycles. The topological polar surface area (TPSA) is 90.4 Å². The van der Waals surface area contributed by atoms with E-state index in [-0.39, 0.29) is 29.7 Å². The molecule has 0 aliphatic carbocycles. The van der Waals surface area contributed by atoms with Crippen LogP contribution in [0.25, 0.3) is 0 Å². The van der Waals surface area contributed by atoms with Crippen LogP contribution in [0.3, 0.4) is 0 Å². The van der Waals surface area contributed by atoms with E-state index >= 15 is 4.79 Å². The summed E-state index contributed by atoms with van der Waals surface area (Å²) in [7, 11) is 0. The molecule has 2 fully saturated rings. The summed E-state index contributed by atoms with van der Waals surface area (Å²) < 4.78 is 7.13. The molecular formula is C35H49N3O5. The van der Waals surface area contributed by atoms with E-state index in [1.807, 2.05) is 78.3 Å². The van der Waals surface area contributed by atoms with Crippen molar-refractivity contribution in [3.05, 3.63) is 60.2 Å². The summed E-state index contributed by atoms with van der Waals surface area (Å²) in [5, 5.41) is 10.8. The summed E-state index contributed by atoms with van der Waals surface area (Å²) in [6.45, 7) is 15.7. The van der Waals surface area contributed by atoms with Gasteiger partial charge in [-0.15, -0.1) is 0 Å². The number of aliphatic hydroxyl groups is 1. The van der Waals surface area contributed by atoms with E-state index in [4.69, 9.17) is 4.74 Å². The minimum atomic E-state index is -1.36. The highest BCUT2D eigenvalue weighted by molar-refractivity contribution is 6.00. The van der Waals surface area contributed by atoms with Gasteiger partial charge in [0.2, 0.25) is 17.7 Å². The highest BCUT2D eigenvalue weighted by Gasteiger charge is 2.76. The molecule has 234 valence electrons. The maximum Gasteiger partial charge on any atom is 0.249 e. The second kappa shape index (κ2) is 11.2. The molecule has 1 aromatic rings. The lowest BCUT2D eigenvalue weighted by Crippen LogP contribution is -2.60. The molecular weight excluding hydrogens is 542 g/mol. The number of nitrogens with zero attached hydrogens (tertiary/aromatic N) is 3. The number of likely N-dealkylation sites (tertiary alicyclic amines) is 1. The first-order valence-electron chi connectivity index (χ1n) is 15.9. The van der Waals surface area contributed by atoms with Crippen molar-refractivity contribution < 1.29 is 24.2 Å². The molecule has 8 nitrogen and oxygen atoms in total. The smallest absolute Gasteiger partial charge is 0.249 e. The first-order chi connectivity index (χ1) is 20.3. The zero-order chi connectivity index (χ0) is 31.4. The van der Waals surface area contributed by atoms with Crippen LogP contribution in [-0.2, 0) is 19.1 Å². The van der Waals surface area contributed by atoms with Crippen molar-refractivity contribution in [1.29, 1.82) is 0 Å². The number of aliphatic hydroxyl groups excluding tert-OH is 1. The van der Waals surface area contributed by atoms with Gasteiger partial charge in [0, 0.05) is 25.2 Å². The van der Waals surface area contributed by atoms with Crippen LogP contribution in [0.4, 0.5) is 0 Å². The number of ether oxygens (including phenoxy) is 1. The molecule has 4 aliphatic rings. The minimum Gasteiger partial charge on any atom is -0.394 e. The second-order valence-electron chi connectivity index (χ2n) is 14.6. The van der Waals surface area contributed by atoms with Crippen LogP contribution >= 0.6 is 0 Å². The zero-order valence-corrected chi connectivity index (χ0v) is 26.9. The molecule has 1 unspecified atom stereocenters. The van der Waals surface area contributed by atoms with Crippen molar-refractivity contribution >= 4 is 17.7 Å². The minimum absolute atomic E-state index is 0.0495. The van der Waals surface area contributed by atoms with E-state index < -0.39 is 40.7 Å². The maximum atomic E-state index is 15.0. The number of carbonyl (C=O) groups is 3. The largest absolute Gasteiger partial charge is 0.394 e. The summed E-state index contributed by atoms with van der Waals surface area (Å²) in [4.78, 5) is 49.6. The van der Waals surface area contributed by atoms with Gasteiger partial charge in [-0.2, -0.15) is 0 Å². The van der Waals surface area contributed by atoms with Crippen LogP contribution in [-0.4, -0.2) is 86.6 Å². The molecule has 2 saturated heterocycles. The van der Waals surface area contributed by atoms with E-state index in [9.17, 15) is 14.7 Å². The van der Waals surface area contributed by atoms with Crippen LogP contribution in [0.15, 0.2) is 54.6 Å².